The van der Waals surface area contributed by atoms with E-state index in [1.54, 1.807) is 0 Å². The first-order chi connectivity index (χ1) is 8.25. The SMILES string of the molecule is O=C(c1ccc(Br)s1)N1CCO[C@@H]2CCC[C@@H]21. The fourth-order valence-electron chi connectivity index (χ4n) is 2.75. The Bertz CT molecular complexity index is 434. The van der Waals surface area contributed by atoms with E-state index in [2.05, 4.69) is 15.9 Å². The van der Waals surface area contributed by atoms with Crippen molar-refractivity contribution in [1.29, 1.82) is 0 Å². The van der Waals surface area contributed by atoms with Crippen LogP contribution in [0.1, 0.15) is 28.9 Å². The Balaban J connectivity index is 1.81. The van der Waals surface area contributed by atoms with Gasteiger partial charge in [0.2, 0.25) is 0 Å². The Morgan fingerprint density at radius 3 is 3.12 bits per heavy atom. The lowest BCUT2D eigenvalue weighted by atomic mass is 10.1. The van der Waals surface area contributed by atoms with Crippen molar-refractivity contribution in [3.63, 3.8) is 0 Å². The average Bonchev–Trinajstić information content (AvgIpc) is 2.95. The largest absolute Gasteiger partial charge is 0.374 e. The second kappa shape index (κ2) is 4.71. The van der Waals surface area contributed by atoms with Gasteiger partial charge in [0.25, 0.3) is 5.91 Å². The van der Waals surface area contributed by atoms with Crippen molar-refractivity contribution in [3.8, 4) is 0 Å². The van der Waals surface area contributed by atoms with Gasteiger partial charge < -0.3 is 9.64 Å². The monoisotopic (exact) mass is 315 g/mol. The third-order valence-corrected chi connectivity index (χ3v) is 5.14. The number of thiophene rings is 1. The third-order valence-electron chi connectivity index (χ3n) is 3.53. The fraction of sp³-hybridized carbons (Fsp3) is 0.583. The van der Waals surface area contributed by atoms with E-state index in [9.17, 15) is 4.79 Å². The Labute approximate surface area is 113 Å². The number of fused-ring (bicyclic) bond motifs is 1. The van der Waals surface area contributed by atoms with Gasteiger partial charge in [-0.25, -0.2) is 0 Å². The number of hydrogen-bond donors (Lipinski definition) is 0. The molecular weight excluding hydrogens is 302 g/mol. The number of halogens is 1. The summed E-state index contributed by atoms with van der Waals surface area (Å²) in [4.78, 5) is 15.3. The zero-order valence-electron chi connectivity index (χ0n) is 9.39. The van der Waals surface area contributed by atoms with Crippen molar-refractivity contribution in [2.75, 3.05) is 13.2 Å². The molecular formula is C12H14BrNO2S. The van der Waals surface area contributed by atoms with E-state index in [-0.39, 0.29) is 12.0 Å². The molecule has 0 spiro atoms. The second-order valence-electron chi connectivity index (χ2n) is 4.51. The Morgan fingerprint density at radius 2 is 2.35 bits per heavy atom. The number of amides is 1. The highest BCUT2D eigenvalue weighted by Gasteiger charge is 2.38. The van der Waals surface area contributed by atoms with Gasteiger partial charge in [-0.05, 0) is 47.3 Å². The molecule has 1 saturated heterocycles. The summed E-state index contributed by atoms with van der Waals surface area (Å²) in [6.45, 7) is 1.41. The molecule has 2 fully saturated rings. The molecule has 17 heavy (non-hydrogen) atoms. The number of rotatable bonds is 1. The van der Waals surface area contributed by atoms with Crippen molar-refractivity contribution in [2.45, 2.75) is 31.4 Å². The molecule has 2 aliphatic rings. The quantitative estimate of drug-likeness (QED) is 0.797. The van der Waals surface area contributed by atoms with Gasteiger partial charge in [0.15, 0.2) is 0 Å². The molecule has 2 atom stereocenters. The number of carbonyl (C=O) groups excluding carboxylic acids is 1. The first kappa shape index (κ1) is 11.7. The summed E-state index contributed by atoms with van der Waals surface area (Å²) in [7, 11) is 0. The number of morpholine rings is 1. The van der Waals surface area contributed by atoms with Crippen molar-refractivity contribution in [2.24, 2.45) is 0 Å². The molecule has 1 aromatic heterocycles. The predicted octanol–water partition coefficient (Wildman–Crippen LogP) is 2.90. The molecule has 3 nitrogen and oxygen atoms in total. The summed E-state index contributed by atoms with van der Waals surface area (Å²) in [5, 5.41) is 0. The van der Waals surface area contributed by atoms with Crippen LogP contribution in [0.4, 0.5) is 0 Å². The number of carbonyl (C=O) groups is 1. The highest BCUT2D eigenvalue weighted by atomic mass is 79.9. The molecule has 0 N–H and O–H groups in total. The van der Waals surface area contributed by atoms with Crippen molar-refractivity contribution >= 4 is 33.2 Å². The Hall–Kier alpha value is -0.390. The van der Waals surface area contributed by atoms with Gasteiger partial charge in [-0.2, -0.15) is 0 Å². The maximum Gasteiger partial charge on any atom is 0.264 e. The molecule has 2 heterocycles. The van der Waals surface area contributed by atoms with Crippen LogP contribution in [-0.4, -0.2) is 36.1 Å². The summed E-state index contributed by atoms with van der Waals surface area (Å²) in [6.07, 6.45) is 3.63. The van der Waals surface area contributed by atoms with Gasteiger partial charge in [-0.3, -0.25) is 4.79 Å². The maximum atomic E-state index is 12.4. The summed E-state index contributed by atoms with van der Waals surface area (Å²) < 4.78 is 6.73. The third kappa shape index (κ3) is 2.16. The van der Waals surface area contributed by atoms with E-state index in [4.69, 9.17) is 4.74 Å². The standard InChI is InChI=1S/C12H14BrNO2S/c13-11-5-4-10(17-11)12(15)14-6-7-16-9-3-1-2-8(9)14/h4-5,8-9H,1-3,6-7H2/t8-,9+/m0/s1. The smallest absolute Gasteiger partial charge is 0.264 e. The van der Waals surface area contributed by atoms with Crippen LogP contribution in [0.2, 0.25) is 0 Å². The Morgan fingerprint density at radius 1 is 1.47 bits per heavy atom. The summed E-state index contributed by atoms with van der Waals surface area (Å²) in [5.41, 5.74) is 0. The molecule has 1 aliphatic carbocycles. The minimum Gasteiger partial charge on any atom is -0.374 e. The van der Waals surface area contributed by atoms with Crippen molar-refractivity contribution in [1.82, 2.24) is 4.90 Å². The number of hydrogen-bond acceptors (Lipinski definition) is 3. The summed E-state index contributed by atoms with van der Waals surface area (Å²) in [5.74, 6) is 0.168. The summed E-state index contributed by atoms with van der Waals surface area (Å²) >= 11 is 4.91. The van der Waals surface area contributed by atoms with Gasteiger partial charge in [-0.1, -0.05) is 0 Å². The van der Waals surface area contributed by atoms with E-state index in [0.717, 1.165) is 28.0 Å². The normalized spacial score (nSPS) is 28.2. The molecule has 1 saturated carbocycles. The Kier molecular flexibility index (Phi) is 3.23. The average molecular weight is 316 g/mol. The van der Waals surface area contributed by atoms with Crippen LogP contribution in [-0.2, 0) is 4.74 Å². The highest BCUT2D eigenvalue weighted by Crippen LogP contribution is 2.32. The second-order valence-corrected chi connectivity index (χ2v) is 6.97. The van der Waals surface area contributed by atoms with E-state index >= 15 is 0 Å². The molecule has 0 bridgehead atoms. The van der Waals surface area contributed by atoms with Gasteiger partial charge in [-0.15, -0.1) is 11.3 Å². The van der Waals surface area contributed by atoms with Gasteiger partial charge >= 0.3 is 0 Å². The van der Waals surface area contributed by atoms with Crippen LogP contribution >= 0.6 is 27.3 Å². The van der Waals surface area contributed by atoms with E-state index in [0.29, 0.717) is 12.6 Å². The fourth-order valence-corrected chi connectivity index (χ4v) is 4.09. The van der Waals surface area contributed by atoms with E-state index < -0.39 is 0 Å². The lowest BCUT2D eigenvalue weighted by molar-refractivity contribution is -0.0443. The van der Waals surface area contributed by atoms with E-state index in [1.165, 1.54) is 17.8 Å². The zero-order valence-corrected chi connectivity index (χ0v) is 11.8. The molecule has 92 valence electrons. The first-order valence-corrected chi connectivity index (χ1v) is 7.54. The summed E-state index contributed by atoms with van der Waals surface area (Å²) in [6, 6.07) is 4.14. The minimum atomic E-state index is 0.168. The molecule has 0 aromatic carbocycles. The first-order valence-electron chi connectivity index (χ1n) is 5.93. The van der Waals surface area contributed by atoms with Crippen molar-refractivity contribution < 1.29 is 9.53 Å². The lowest BCUT2D eigenvalue weighted by Gasteiger charge is -2.37. The number of ether oxygens (including phenoxy) is 1. The van der Waals surface area contributed by atoms with Gasteiger partial charge in [0.1, 0.15) is 0 Å². The maximum absolute atomic E-state index is 12.4. The van der Waals surface area contributed by atoms with Crippen LogP contribution < -0.4 is 0 Å². The molecule has 1 aliphatic heterocycles. The lowest BCUT2D eigenvalue weighted by Crippen LogP contribution is -2.51. The zero-order chi connectivity index (χ0) is 11.8. The van der Waals surface area contributed by atoms with Crippen LogP contribution in [0.15, 0.2) is 15.9 Å². The predicted molar refractivity (Wildman–Crippen MR) is 70.4 cm³/mol. The highest BCUT2D eigenvalue weighted by molar-refractivity contribution is 9.11. The number of nitrogens with zero attached hydrogens (tertiary/aromatic N) is 1. The van der Waals surface area contributed by atoms with Gasteiger partial charge in [0.05, 0.1) is 27.4 Å². The topological polar surface area (TPSA) is 29.5 Å². The molecule has 3 rings (SSSR count). The van der Waals surface area contributed by atoms with Crippen LogP contribution in [0.5, 0.6) is 0 Å². The molecule has 0 unspecified atom stereocenters. The van der Waals surface area contributed by atoms with Crippen LogP contribution in [0.25, 0.3) is 0 Å². The molecule has 0 radical (unpaired) electrons. The molecule has 1 amide bonds. The molecule has 1 aromatic rings. The van der Waals surface area contributed by atoms with Crippen LogP contribution in [0.3, 0.4) is 0 Å². The van der Waals surface area contributed by atoms with Crippen molar-refractivity contribution in [3.05, 3.63) is 20.8 Å². The van der Waals surface area contributed by atoms with Crippen LogP contribution in [0, 0.1) is 0 Å². The van der Waals surface area contributed by atoms with Gasteiger partial charge in [0, 0.05) is 6.54 Å². The van der Waals surface area contributed by atoms with E-state index in [1.807, 2.05) is 17.0 Å². The minimum absolute atomic E-state index is 0.168. The molecule has 5 heteroatoms.